The summed E-state index contributed by atoms with van der Waals surface area (Å²) in [7, 11) is 1.65. The minimum Gasteiger partial charge on any atom is -0.508 e. The number of phenols is 1. The summed E-state index contributed by atoms with van der Waals surface area (Å²) in [6, 6.07) is 6.85. The van der Waals surface area contributed by atoms with E-state index < -0.39 is 0 Å². The molecule has 0 aliphatic carbocycles. The first-order valence-electron chi connectivity index (χ1n) is 5.97. The first-order chi connectivity index (χ1) is 8.74. The predicted molar refractivity (Wildman–Crippen MR) is 69.6 cm³/mol. The van der Waals surface area contributed by atoms with Crippen molar-refractivity contribution in [1.29, 1.82) is 0 Å². The maximum absolute atomic E-state index is 11.6. The maximum Gasteiger partial charge on any atom is 0.224 e. The van der Waals surface area contributed by atoms with Gasteiger partial charge in [-0.15, -0.1) is 0 Å². The van der Waals surface area contributed by atoms with E-state index >= 15 is 0 Å². The third-order valence-corrected chi connectivity index (χ3v) is 2.45. The third kappa shape index (κ3) is 5.65. The summed E-state index contributed by atoms with van der Waals surface area (Å²) in [5.41, 5.74) is 0.641. The van der Waals surface area contributed by atoms with E-state index in [2.05, 4.69) is 10.6 Å². The zero-order valence-corrected chi connectivity index (χ0v) is 10.6. The minimum absolute atomic E-state index is 0.0926. The second kappa shape index (κ2) is 8.49. The van der Waals surface area contributed by atoms with Gasteiger partial charge in [-0.25, -0.2) is 0 Å². The third-order valence-electron chi connectivity index (χ3n) is 2.45. The van der Waals surface area contributed by atoms with Crippen molar-refractivity contribution >= 4 is 5.91 Å². The zero-order valence-electron chi connectivity index (χ0n) is 10.6. The lowest BCUT2D eigenvalue weighted by Gasteiger charge is -2.07. The van der Waals surface area contributed by atoms with Gasteiger partial charge in [-0.05, 0) is 6.07 Å². The number of hydrogen-bond donors (Lipinski definition) is 3. The number of benzene rings is 1. The second-order valence-electron chi connectivity index (χ2n) is 3.90. The Morgan fingerprint density at radius 3 is 2.78 bits per heavy atom. The molecule has 100 valence electrons. The van der Waals surface area contributed by atoms with E-state index in [1.807, 2.05) is 0 Å². The summed E-state index contributed by atoms with van der Waals surface area (Å²) >= 11 is 0. The SMILES string of the molecule is COCCNCCNC(=O)Cc1ccccc1O. The molecule has 5 heteroatoms. The van der Waals surface area contributed by atoms with Crippen LogP contribution < -0.4 is 10.6 Å². The minimum atomic E-state index is -0.0926. The highest BCUT2D eigenvalue weighted by atomic mass is 16.5. The van der Waals surface area contributed by atoms with Crippen molar-refractivity contribution in [2.75, 3.05) is 33.4 Å². The lowest BCUT2D eigenvalue weighted by atomic mass is 10.1. The molecule has 1 rings (SSSR count). The van der Waals surface area contributed by atoms with Crippen molar-refractivity contribution in [3.05, 3.63) is 29.8 Å². The van der Waals surface area contributed by atoms with Crippen LogP contribution in [0.3, 0.4) is 0 Å². The Kier molecular flexibility index (Phi) is 6.83. The maximum atomic E-state index is 11.6. The van der Waals surface area contributed by atoms with Crippen molar-refractivity contribution in [2.45, 2.75) is 6.42 Å². The van der Waals surface area contributed by atoms with Gasteiger partial charge in [0.05, 0.1) is 13.0 Å². The molecule has 0 saturated heterocycles. The van der Waals surface area contributed by atoms with Gasteiger partial charge < -0.3 is 20.5 Å². The molecule has 1 aromatic rings. The summed E-state index contributed by atoms with van der Waals surface area (Å²) in [5.74, 6) is 0.0657. The molecule has 0 bridgehead atoms. The number of methoxy groups -OCH3 is 1. The van der Waals surface area contributed by atoms with E-state index in [-0.39, 0.29) is 18.1 Å². The van der Waals surface area contributed by atoms with E-state index in [4.69, 9.17) is 4.74 Å². The van der Waals surface area contributed by atoms with Crippen LogP contribution in [-0.2, 0) is 16.0 Å². The van der Waals surface area contributed by atoms with Crippen LogP contribution in [0.2, 0.25) is 0 Å². The van der Waals surface area contributed by atoms with E-state index in [9.17, 15) is 9.90 Å². The molecule has 3 N–H and O–H groups in total. The number of amides is 1. The molecule has 0 aliphatic heterocycles. The fraction of sp³-hybridized carbons (Fsp3) is 0.462. The first kappa shape index (κ1) is 14.5. The fourth-order valence-electron chi connectivity index (χ4n) is 1.49. The first-order valence-corrected chi connectivity index (χ1v) is 5.97. The van der Waals surface area contributed by atoms with Crippen LogP contribution in [0, 0.1) is 0 Å². The molecule has 0 heterocycles. The lowest BCUT2D eigenvalue weighted by Crippen LogP contribution is -2.33. The molecule has 0 atom stereocenters. The van der Waals surface area contributed by atoms with Gasteiger partial charge in [-0.2, -0.15) is 0 Å². The molecular weight excluding hydrogens is 232 g/mol. The quantitative estimate of drug-likeness (QED) is 0.581. The largest absolute Gasteiger partial charge is 0.508 e. The average Bonchev–Trinajstić information content (AvgIpc) is 2.36. The predicted octanol–water partition coefficient (Wildman–Crippen LogP) is 0.287. The van der Waals surface area contributed by atoms with Crippen LogP contribution in [0.15, 0.2) is 24.3 Å². The highest BCUT2D eigenvalue weighted by Crippen LogP contribution is 2.15. The molecule has 0 aromatic heterocycles. The van der Waals surface area contributed by atoms with Crippen molar-refractivity contribution in [1.82, 2.24) is 10.6 Å². The topological polar surface area (TPSA) is 70.6 Å². The molecule has 0 radical (unpaired) electrons. The Bertz CT molecular complexity index is 369. The van der Waals surface area contributed by atoms with Gasteiger partial charge in [-0.3, -0.25) is 4.79 Å². The number of carbonyl (C=O) groups excluding carboxylic acids is 1. The van der Waals surface area contributed by atoms with E-state index in [1.54, 1.807) is 31.4 Å². The van der Waals surface area contributed by atoms with Crippen LogP contribution in [0.1, 0.15) is 5.56 Å². The number of carbonyl (C=O) groups is 1. The van der Waals surface area contributed by atoms with Gasteiger partial charge in [-0.1, -0.05) is 18.2 Å². The van der Waals surface area contributed by atoms with Gasteiger partial charge >= 0.3 is 0 Å². The smallest absolute Gasteiger partial charge is 0.224 e. The average molecular weight is 252 g/mol. The van der Waals surface area contributed by atoms with Gasteiger partial charge in [0.2, 0.25) is 5.91 Å². The number of aromatic hydroxyl groups is 1. The Morgan fingerprint density at radius 2 is 2.06 bits per heavy atom. The molecule has 1 amide bonds. The van der Waals surface area contributed by atoms with Crippen molar-refractivity contribution in [3.63, 3.8) is 0 Å². The highest BCUT2D eigenvalue weighted by Gasteiger charge is 2.05. The van der Waals surface area contributed by atoms with E-state index in [0.717, 1.165) is 6.54 Å². The highest BCUT2D eigenvalue weighted by molar-refractivity contribution is 5.79. The van der Waals surface area contributed by atoms with Gasteiger partial charge in [0.15, 0.2) is 0 Å². The van der Waals surface area contributed by atoms with Gasteiger partial charge in [0, 0.05) is 32.3 Å². The van der Waals surface area contributed by atoms with Crippen LogP contribution >= 0.6 is 0 Å². The Hall–Kier alpha value is -1.59. The summed E-state index contributed by atoms with van der Waals surface area (Å²) in [6.07, 6.45) is 0.199. The molecule has 1 aromatic carbocycles. The molecule has 18 heavy (non-hydrogen) atoms. The van der Waals surface area contributed by atoms with Crippen molar-refractivity contribution < 1.29 is 14.6 Å². The molecule has 0 unspecified atom stereocenters. The Balaban J connectivity index is 2.16. The van der Waals surface area contributed by atoms with Crippen LogP contribution in [-0.4, -0.2) is 44.4 Å². The Morgan fingerprint density at radius 1 is 1.28 bits per heavy atom. The summed E-state index contributed by atoms with van der Waals surface area (Å²) in [5, 5.41) is 15.4. The summed E-state index contributed by atoms with van der Waals surface area (Å²) in [6.45, 7) is 2.70. The fourth-order valence-corrected chi connectivity index (χ4v) is 1.49. The number of rotatable bonds is 8. The Labute approximate surface area is 107 Å². The number of para-hydroxylation sites is 1. The van der Waals surface area contributed by atoms with Crippen molar-refractivity contribution in [3.8, 4) is 5.75 Å². The van der Waals surface area contributed by atoms with Gasteiger partial charge in [0.25, 0.3) is 0 Å². The van der Waals surface area contributed by atoms with E-state index in [1.165, 1.54) is 0 Å². The van der Waals surface area contributed by atoms with Crippen LogP contribution in [0.25, 0.3) is 0 Å². The van der Waals surface area contributed by atoms with Crippen LogP contribution in [0.5, 0.6) is 5.75 Å². The second-order valence-corrected chi connectivity index (χ2v) is 3.90. The lowest BCUT2D eigenvalue weighted by molar-refractivity contribution is -0.120. The number of phenolic OH excluding ortho intramolecular Hbond substituents is 1. The van der Waals surface area contributed by atoms with Crippen molar-refractivity contribution in [2.24, 2.45) is 0 Å². The summed E-state index contributed by atoms with van der Waals surface area (Å²) < 4.78 is 4.88. The molecule has 0 fully saturated rings. The summed E-state index contributed by atoms with van der Waals surface area (Å²) in [4.78, 5) is 11.6. The van der Waals surface area contributed by atoms with Crippen LogP contribution in [0.4, 0.5) is 0 Å². The number of nitrogens with one attached hydrogen (secondary N) is 2. The molecule has 0 saturated carbocycles. The van der Waals surface area contributed by atoms with E-state index in [0.29, 0.717) is 25.3 Å². The normalized spacial score (nSPS) is 10.3. The standard InChI is InChI=1S/C13H20N2O3/c1-18-9-8-14-6-7-15-13(17)10-11-4-2-3-5-12(11)16/h2-5,14,16H,6-10H2,1H3,(H,15,17). The molecule has 5 nitrogen and oxygen atoms in total. The number of hydrogen-bond acceptors (Lipinski definition) is 4. The number of ether oxygens (including phenoxy) is 1. The monoisotopic (exact) mass is 252 g/mol. The molecule has 0 aliphatic rings. The molecule has 0 spiro atoms. The zero-order chi connectivity index (χ0) is 13.2. The van der Waals surface area contributed by atoms with Gasteiger partial charge in [0.1, 0.15) is 5.75 Å². The molecular formula is C13H20N2O3.